The maximum Gasteiger partial charge on any atom is 0.0661 e. The fourth-order valence-electron chi connectivity index (χ4n) is 4.72. The first-order valence-electron chi connectivity index (χ1n) is 9.32. The number of ether oxygens (including phenoxy) is 1. The Morgan fingerprint density at radius 2 is 1.95 bits per heavy atom. The predicted molar refractivity (Wildman–Crippen MR) is 87.6 cm³/mol. The van der Waals surface area contributed by atoms with Crippen LogP contribution in [-0.4, -0.2) is 49.8 Å². The van der Waals surface area contributed by atoms with Gasteiger partial charge in [0.25, 0.3) is 0 Å². The number of hydrogen-bond donors (Lipinski definition) is 1. The molecule has 3 atom stereocenters. The van der Waals surface area contributed by atoms with Gasteiger partial charge in [-0.25, -0.2) is 0 Å². The Kier molecular flexibility index (Phi) is 5.23. The number of likely N-dealkylation sites (tertiary alicyclic amines) is 1. The maximum atomic E-state index is 5.95. The molecule has 2 aliphatic carbocycles. The molecule has 1 heterocycles. The van der Waals surface area contributed by atoms with Crippen LogP contribution in [0.2, 0.25) is 0 Å². The minimum absolute atomic E-state index is 0.515. The van der Waals surface area contributed by atoms with Crippen molar-refractivity contribution in [2.75, 3.05) is 32.8 Å². The van der Waals surface area contributed by atoms with Gasteiger partial charge in [-0.1, -0.05) is 19.8 Å². The molecule has 2 saturated carbocycles. The van der Waals surface area contributed by atoms with Gasteiger partial charge in [-0.15, -0.1) is 0 Å². The SMILES string of the molecule is CCOC1CC(NCC(C)CN2CCCCC2)C12CCC2. The van der Waals surface area contributed by atoms with Gasteiger partial charge in [-0.05, 0) is 64.6 Å². The molecule has 3 fully saturated rings. The second kappa shape index (κ2) is 6.97. The number of piperidine rings is 1. The van der Waals surface area contributed by atoms with E-state index in [9.17, 15) is 0 Å². The molecular weight excluding hydrogens is 260 g/mol. The first kappa shape index (κ1) is 15.8. The van der Waals surface area contributed by atoms with E-state index in [2.05, 4.69) is 24.1 Å². The lowest BCUT2D eigenvalue weighted by molar-refractivity contribution is -0.173. The minimum Gasteiger partial charge on any atom is -0.378 e. The van der Waals surface area contributed by atoms with Crippen molar-refractivity contribution in [3.63, 3.8) is 0 Å². The van der Waals surface area contributed by atoms with Gasteiger partial charge in [-0.2, -0.15) is 0 Å². The van der Waals surface area contributed by atoms with Gasteiger partial charge in [0.15, 0.2) is 0 Å². The molecule has 1 spiro atoms. The highest BCUT2D eigenvalue weighted by Gasteiger charge is 2.58. The average Bonchev–Trinajstić information content (AvgIpc) is 2.41. The van der Waals surface area contributed by atoms with Gasteiger partial charge < -0.3 is 15.0 Å². The van der Waals surface area contributed by atoms with E-state index in [0.717, 1.165) is 18.6 Å². The molecule has 0 aromatic carbocycles. The molecule has 3 aliphatic rings. The van der Waals surface area contributed by atoms with Crippen LogP contribution in [0, 0.1) is 11.3 Å². The zero-order chi connectivity index (χ0) is 14.7. The molecule has 0 radical (unpaired) electrons. The van der Waals surface area contributed by atoms with Gasteiger partial charge in [0.1, 0.15) is 0 Å². The highest BCUT2D eigenvalue weighted by atomic mass is 16.5. The lowest BCUT2D eigenvalue weighted by Crippen LogP contribution is -2.67. The third-order valence-corrected chi connectivity index (χ3v) is 6.17. The summed E-state index contributed by atoms with van der Waals surface area (Å²) < 4.78 is 5.95. The van der Waals surface area contributed by atoms with Crippen molar-refractivity contribution in [1.29, 1.82) is 0 Å². The van der Waals surface area contributed by atoms with E-state index >= 15 is 0 Å². The quantitative estimate of drug-likeness (QED) is 0.781. The zero-order valence-corrected chi connectivity index (χ0v) is 14.1. The van der Waals surface area contributed by atoms with Crippen molar-refractivity contribution in [3.05, 3.63) is 0 Å². The van der Waals surface area contributed by atoms with Crippen molar-refractivity contribution < 1.29 is 4.74 Å². The lowest BCUT2D eigenvalue weighted by Gasteiger charge is -2.61. The van der Waals surface area contributed by atoms with Crippen LogP contribution in [0.5, 0.6) is 0 Å². The van der Waals surface area contributed by atoms with Crippen molar-refractivity contribution in [2.24, 2.45) is 11.3 Å². The van der Waals surface area contributed by atoms with Crippen LogP contribution in [0.25, 0.3) is 0 Å². The van der Waals surface area contributed by atoms with Crippen LogP contribution in [-0.2, 0) is 4.74 Å². The normalized spacial score (nSPS) is 33.4. The molecule has 0 amide bonds. The van der Waals surface area contributed by atoms with Gasteiger partial charge in [0, 0.05) is 24.6 Å². The van der Waals surface area contributed by atoms with Crippen molar-refractivity contribution >= 4 is 0 Å². The van der Waals surface area contributed by atoms with E-state index < -0.39 is 0 Å². The maximum absolute atomic E-state index is 5.95. The molecule has 3 unspecified atom stereocenters. The van der Waals surface area contributed by atoms with E-state index in [4.69, 9.17) is 4.74 Å². The van der Waals surface area contributed by atoms with Crippen LogP contribution in [0.3, 0.4) is 0 Å². The monoisotopic (exact) mass is 294 g/mol. The van der Waals surface area contributed by atoms with Crippen LogP contribution in [0.15, 0.2) is 0 Å². The molecule has 3 heteroatoms. The molecule has 0 aromatic heterocycles. The number of nitrogens with zero attached hydrogens (tertiary/aromatic N) is 1. The van der Waals surface area contributed by atoms with E-state index in [1.807, 2.05) is 0 Å². The van der Waals surface area contributed by atoms with E-state index in [1.165, 1.54) is 71.1 Å². The minimum atomic E-state index is 0.515. The molecule has 21 heavy (non-hydrogen) atoms. The van der Waals surface area contributed by atoms with Gasteiger partial charge >= 0.3 is 0 Å². The Morgan fingerprint density at radius 1 is 1.19 bits per heavy atom. The number of rotatable bonds is 7. The summed E-state index contributed by atoms with van der Waals surface area (Å²) in [5, 5.41) is 3.88. The van der Waals surface area contributed by atoms with Crippen molar-refractivity contribution in [1.82, 2.24) is 10.2 Å². The van der Waals surface area contributed by atoms with Gasteiger partial charge in [0.05, 0.1) is 6.10 Å². The van der Waals surface area contributed by atoms with Crippen LogP contribution >= 0.6 is 0 Å². The summed E-state index contributed by atoms with van der Waals surface area (Å²) >= 11 is 0. The Balaban J connectivity index is 1.39. The zero-order valence-electron chi connectivity index (χ0n) is 14.1. The molecule has 0 aromatic rings. The standard InChI is InChI=1S/C18H34N2O/c1-3-21-17-12-16(18(17)8-7-9-18)19-13-15(2)14-20-10-5-4-6-11-20/h15-17,19H,3-14H2,1-2H3. The molecule has 122 valence electrons. The molecule has 3 rings (SSSR count). The second-order valence-electron chi connectivity index (χ2n) is 7.69. The van der Waals surface area contributed by atoms with Crippen molar-refractivity contribution in [3.8, 4) is 0 Å². The number of hydrogen-bond acceptors (Lipinski definition) is 3. The summed E-state index contributed by atoms with van der Waals surface area (Å²) in [5.41, 5.74) is 0.515. The highest BCUT2D eigenvalue weighted by Crippen LogP contribution is 2.57. The molecule has 1 saturated heterocycles. The van der Waals surface area contributed by atoms with E-state index in [0.29, 0.717) is 11.5 Å². The molecular formula is C18H34N2O. The van der Waals surface area contributed by atoms with Crippen LogP contribution in [0.4, 0.5) is 0 Å². The molecule has 3 nitrogen and oxygen atoms in total. The summed E-state index contributed by atoms with van der Waals surface area (Å²) in [4.78, 5) is 2.67. The van der Waals surface area contributed by atoms with E-state index in [-0.39, 0.29) is 0 Å². The summed E-state index contributed by atoms with van der Waals surface area (Å²) in [6.45, 7) is 10.5. The predicted octanol–water partition coefficient (Wildman–Crippen LogP) is 3.05. The first-order valence-corrected chi connectivity index (χ1v) is 9.32. The van der Waals surface area contributed by atoms with Crippen LogP contribution in [0.1, 0.15) is 58.8 Å². The Hall–Kier alpha value is -0.120. The Bertz CT molecular complexity index is 323. The highest BCUT2D eigenvalue weighted by molar-refractivity contribution is 5.12. The fourth-order valence-corrected chi connectivity index (χ4v) is 4.72. The summed E-state index contributed by atoms with van der Waals surface area (Å²) in [7, 11) is 0. The Labute approximate surface area is 130 Å². The molecule has 1 N–H and O–H groups in total. The summed E-state index contributed by atoms with van der Waals surface area (Å²) in [5.74, 6) is 0.770. The molecule has 0 bridgehead atoms. The lowest BCUT2D eigenvalue weighted by atomic mass is 9.51. The fraction of sp³-hybridized carbons (Fsp3) is 1.00. The third-order valence-electron chi connectivity index (χ3n) is 6.17. The second-order valence-corrected chi connectivity index (χ2v) is 7.69. The summed E-state index contributed by atoms with van der Waals surface area (Å²) in [6.07, 6.45) is 10.2. The van der Waals surface area contributed by atoms with E-state index in [1.54, 1.807) is 0 Å². The number of nitrogens with one attached hydrogen (secondary N) is 1. The van der Waals surface area contributed by atoms with Crippen molar-refractivity contribution in [2.45, 2.75) is 70.9 Å². The van der Waals surface area contributed by atoms with Gasteiger partial charge in [0.2, 0.25) is 0 Å². The topological polar surface area (TPSA) is 24.5 Å². The van der Waals surface area contributed by atoms with Crippen LogP contribution < -0.4 is 5.32 Å². The van der Waals surface area contributed by atoms with Gasteiger partial charge in [-0.3, -0.25) is 0 Å². The average molecular weight is 294 g/mol. The Morgan fingerprint density at radius 3 is 2.57 bits per heavy atom. The third kappa shape index (κ3) is 3.30. The first-order chi connectivity index (χ1) is 10.2. The molecule has 1 aliphatic heterocycles. The largest absolute Gasteiger partial charge is 0.378 e. The summed E-state index contributed by atoms with van der Waals surface area (Å²) in [6, 6.07) is 0.728. The smallest absolute Gasteiger partial charge is 0.0661 e.